The molecule has 0 saturated carbocycles. The quantitative estimate of drug-likeness (QED) is 0.901. The van der Waals surface area contributed by atoms with Crippen LogP contribution in [-0.2, 0) is 11.3 Å². The summed E-state index contributed by atoms with van der Waals surface area (Å²) < 4.78 is 6.22. The molecule has 5 heteroatoms. The molecule has 1 heterocycles. The Morgan fingerprint density at radius 3 is 2.84 bits per heavy atom. The van der Waals surface area contributed by atoms with Gasteiger partial charge < -0.3 is 15.0 Å². The minimum Gasteiger partial charge on any atom is -0.497 e. The lowest BCUT2D eigenvalue weighted by Crippen LogP contribution is -2.36. The topological polar surface area (TPSA) is 41.6 Å². The Bertz CT molecular complexity index is 445. The Hall–Kier alpha value is -1.07. The highest BCUT2D eigenvalue weighted by atomic mass is 79.9. The second kappa shape index (κ2) is 6.91. The van der Waals surface area contributed by atoms with Crippen molar-refractivity contribution in [3.05, 3.63) is 28.2 Å². The van der Waals surface area contributed by atoms with Crippen molar-refractivity contribution >= 4 is 21.8 Å². The van der Waals surface area contributed by atoms with Crippen molar-refractivity contribution in [3.8, 4) is 5.75 Å². The molecule has 1 fully saturated rings. The number of carbonyl (C=O) groups excluding carboxylic acids is 1. The zero-order chi connectivity index (χ0) is 13.7. The van der Waals surface area contributed by atoms with E-state index in [0.29, 0.717) is 13.1 Å². The molecule has 0 radical (unpaired) electrons. The molecule has 1 aliphatic rings. The fraction of sp³-hybridized carbons (Fsp3) is 0.500. The first-order valence-electron chi connectivity index (χ1n) is 6.51. The summed E-state index contributed by atoms with van der Waals surface area (Å²) in [4.78, 5) is 13.8. The van der Waals surface area contributed by atoms with Crippen molar-refractivity contribution in [2.45, 2.75) is 19.4 Å². The first-order chi connectivity index (χ1) is 9.20. The number of methoxy groups -OCH3 is 1. The van der Waals surface area contributed by atoms with Gasteiger partial charge in [-0.3, -0.25) is 4.79 Å². The molecule has 2 rings (SSSR count). The van der Waals surface area contributed by atoms with Crippen LogP contribution in [0, 0.1) is 0 Å². The normalized spacial score (nSPS) is 14.7. The number of amides is 1. The molecule has 1 aliphatic heterocycles. The molecular weight excluding hydrogens is 308 g/mol. The fourth-order valence-electron chi connectivity index (χ4n) is 2.20. The van der Waals surface area contributed by atoms with Crippen molar-refractivity contribution in [3.63, 3.8) is 0 Å². The summed E-state index contributed by atoms with van der Waals surface area (Å²) in [5, 5.41) is 3.19. The summed E-state index contributed by atoms with van der Waals surface area (Å²) in [5.74, 6) is 1.02. The summed E-state index contributed by atoms with van der Waals surface area (Å²) in [6.07, 6.45) is 2.26. The zero-order valence-corrected chi connectivity index (χ0v) is 12.7. The first-order valence-corrected chi connectivity index (χ1v) is 7.31. The van der Waals surface area contributed by atoms with Crippen LogP contribution in [0.25, 0.3) is 0 Å². The lowest BCUT2D eigenvalue weighted by atomic mass is 10.2. The van der Waals surface area contributed by atoms with Crippen LogP contribution in [-0.4, -0.2) is 37.6 Å². The molecule has 0 aromatic heterocycles. The summed E-state index contributed by atoms with van der Waals surface area (Å²) >= 11 is 3.50. The highest BCUT2D eigenvalue weighted by Crippen LogP contribution is 2.22. The van der Waals surface area contributed by atoms with E-state index < -0.39 is 0 Å². The van der Waals surface area contributed by atoms with Gasteiger partial charge in [-0.05, 0) is 36.6 Å². The third kappa shape index (κ3) is 3.94. The zero-order valence-electron chi connectivity index (χ0n) is 11.1. The van der Waals surface area contributed by atoms with E-state index in [-0.39, 0.29) is 5.91 Å². The van der Waals surface area contributed by atoms with Crippen LogP contribution in [0.5, 0.6) is 5.75 Å². The Balaban J connectivity index is 1.83. The molecule has 1 N–H and O–H groups in total. The van der Waals surface area contributed by atoms with E-state index >= 15 is 0 Å². The van der Waals surface area contributed by atoms with Crippen LogP contribution in [0.1, 0.15) is 18.4 Å². The third-order valence-electron chi connectivity index (χ3n) is 3.30. The van der Waals surface area contributed by atoms with Crippen LogP contribution in [0.4, 0.5) is 0 Å². The Morgan fingerprint density at radius 1 is 1.42 bits per heavy atom. The number of nitrogens with one attached hydrogen (secondary N) is 1. The van der Waals surface area contributed by atoms with E-state index in [1.165, 1.54) is 0 Å². The second-order valence-electron chi connectivity index (χ2n) is 4.65. The van der Waals surface area contributed by atoms with Crippen molar-refractivity contribution in [2.24, 2.45) is 0 Å². The number of benzene rings is 1. The SMILES string of the molecule is COc1ccc(Br)c(CNCC(=O)N2CCCC2)c1. The van der Waals surface area contributed by atoms with Crippen LogP contribution < -0.4 is 10.1 Å². The number of rotatable bonds is 5. The molecular formula is C14H19BrN2O2. The molecule has 1 saturated heterocycles. The molecule has 1 aromatic rings. The third-order valence-corrected chi connectivity index (χ3v) is 4.08. The van der Waals surface area contributed by atoms with E-state index in [4.69, 9.17) is 4.74 Å². The minimum absolute atomic E-state index is 0.191. The van der Waals surface area contributed by atoms with Gasteiger partial charge in [0.15, 0.2) is 0 Å². The number of carbonyl (C=O) groups is 1. The minimum atomic E-state index is 0.191. The molecule has 4 nitrogen and oxygen atoms in total. The van der Waals surface area contributed by atoms with Crippen LogP contribution in [0.3, 0.4) is 0 Å². The average Bonchev–Trinajstić information content (AvgIpc) is 2.95. The van der Waals surface area contributed by atoms with Crippen LogP contribution >= 0.6 is 15.9 Å². The summed E-state index contributed by atoms with van der Waals surface area (Å²) in [7, 11) is 1.65. The molecule has 1 aromatic carbocycles. The van der Waals surface area contributed by atoms with E-state index in [0.717, 1.165) is 41.7 Å². The van der Waals surface area contributed by atoms with Gasteiger partial charge in [-0.1, -0.05) is 15.9 Å². The first kappa shape index (κ1) is 14.3. The van der Waals surface area contributed by atoms with Crippen molar-refractivity contribution in [1.82, 2.24) is 10.2 Å². The van der Waals surface area contributed by atoms with E-state index in [1.807, 2.05) is 23.1 Å². The lowest BCUT2D eigenvalue weighted by Gasteiger charge is -2.15. The van der Waals surface area contributed by atoms with Gasteiger partial charge in [0.25, 0.3) is 0 Å². The van der Waals surface area contributed by atoms with Crippen molar-refractivity contribution in [1.29, 1.82) is 0 Å². The fourth-order valence-corrected chi connectivity index (χ4v) is 2.58. The second-order valence-corrected chi connectivity index (χ2v) is 5.50. The molecule has 0 bridgehead atoms. The number of ether oxygens (including phenoxy) is 1. The Morgan fingerprint density at radius 2 is 2.16 bits per heavy atom. The van der Waals surface area contributed by atoms with Gasteiger partial charge >= 0.3 is 0 Å². The van der Waals surface area contributed by atoms with Gasteiger partial charge in [0.1, 0.15) is 5.75 Å². The van der Waals surface area contributed by atoms with E-state index in [2.05, 4.69) is 21.2 Å². The summed E-state index contributed by atoms with van der Waals surface area (Å²) in [6, 6.07) is 5.83. The summed E-state index contributed by atoms with van der Waals surface area (Å²) in [6.45, 7) is 2.85. The van der Waals surface area contributed by atoms with Gasteiger partial charge in [0, 0.05) is 24.1 Å². The van der Waals surface area contributed by atoms with Gasteiger partial charge in [-0.2, -0.15) is 0 Å². The van der Waals surface area contributed by atoms with Gasteiger partial charge in [0.2, 0.25) is 5.91 Å². The molecule has 19 heavy (non-hydrogen) atoms. The van der Waals surface area contributed by atoms with Crippen molar-refractivity contribution < 1.29 is 9.53 Å². The van der Waals surface area contributed by atoms with Crippen LogP contribution in [0.15, 0.2) is 22.7 Å². The van der Waals surface area contributed by atoms with Gasteiger partial charge in [-0.15, -0.1) is 0 Å². The molecule has 0 unspecified atom stereocenters. The number of hydrogen-bond acceptors (Lipinski definition) is 3. The van der Waals surface area contributed by atoms with Crippen LogP contribution in [0.2, 0.25) is 0 Å². The monoisotopic (exact) mass is 326 g/mol. The Kier molecular flexibility index (Phi) is 5.22. The average molecular weight is 327 g/mol. The molecule has 104 valence electrons. The Labute approximate surface area is 122 Å². The lowest BCUT2D eigenvalue weighted by molar-refractivity contribution is -0.129. The molecule has 0 aliphatic carbocycles. The van der Waals surface area contributed by atoms with Gasteiger partial charge in [0.05, 0.1) is 13.7 Å². The number of hydrogen-bond donors (Lipinski definition) is 1. The van der Waals surface area contributed by atoms with Gasteiger partial charge in [-0.25, -0.2) is 0 Å². The number of nitrogens with zero attached hydrogens (tertiary/aromatic N) is 1. The molecule has 0 spiro atoms. The summed E-state index contributed by atoms with van der Waals surface area (Å²) in [5.41, 5.74) is 1.09. The predicted molar refractivity (Wildman–Crippen MR) is 78.2 cm³/mol. The number of halogens is 1. The predicted octanol–water partition coefficient (Wildman–Crippen LogP) is 2.17. The largest absolute Gasteiger partial charge is 0.497 e. The molecule has 1 amide bonds. The molecule has 0 atom stereocenters. The maximum absolute atomic E-state index is 11.9. The van der Waals surface area contributed by atoms with E-state index in [9.17, 15) is 4.79 Å². The van der Waals surface area contributed by atoms with Crippen molar-refractivity contribution in [2.75, 3.05) is 26.7 Å². The maximum Gasteiger partial charge on any atom is 0.236 e. The standard InChI is InChI=1S/C14H19BrN2O2/c1-19-12-4-5-13(15)11(8-12)9-16-10-14(18)17-6-2-3-7-17/h4-5,8,16H,2-3,6-7,9-10H2,1H3. The highest BCUT2D eigenvalue weighted by Gasteiger charge is 2.17. The smallest absolute Gasteiger partial charge is 0.236 e. The number of likely N-dealkylation sites (tertiary alicyclic amines) is 1. The maximum atomic E-state index is 11.9. The highest BCUT2D eigenvalue weighted by molar-refractivity contribution is 9.10. The van der Waals surface area contributed by atoms with E-state index in [1.54, 1.807) is 7.11 Å².